The van der Waals surface area contributed by atoms with Crippen LogP contribution in [0.2, 0.25) is 0 Å². The molecule has 0 amide bonds. The van der Waals surface area contributed by atoms with Gasteiger partial charge in [0.05, 0.1) is 10.1 Å². The van der Waals surface area contributed by atoms with Gasteiger partial charge >= 0.3 is 5.03 Å². The number of hydrogen-bond donors (Lipinski definition) is 0. The van der Waals surface area contributed by atoms with E-state index >= 15 is 0 Å². The van der Waals surface area contributed by atoms with Crippen LogP contribution in [0.5, 0.6) is 0 Å². The van der Waals surface area contributed by atoms with Crippen LogP contribution in [0.25, 0.3) is 0 Å². The molecule has 17 heavy (non-hydrogen) atoms. The van der Waals surface area contributed by atoms with Crippen molar-refractivity contribution in [1.82, 2.24) is 5.16 Å². The Kier molecular flexibility index (Phi) is 2.62. The Hall–Kier alpha value is -1.89. The first-order chi connectivity index (χ1) is 7.93. The van der Waals surface area contributed by atoms with Crippen LogP contribution in [0.4, 0.5) is 0 Å². The highest BCUT2D eigenvalue weighted by Crippen LogP contribution is 2.20. The Morgan fingerprint density at radius 1 is 1.24 bits per heavy atom. The summed E-state index contributed by atoms with van der Waals surface area (Å²) in [5, 5.41) is 13.9. The summed E-state index contributed by atoms with van der Waals surface area (Å²) in [6.07, 6.45) is 0. The van der Waals surface area contributed by atoms with E-state index in [2.05, 4.69) is 9.79 Å². The summed E-state index contributed by atoms with van der Waals surface area (Å²) in [5.74, 6) is 0. The van der Waals surface area contributed by atoms with Crippen LogP contribution in [0.1, 0.15) is 11.3 Å². The van der Waals surface area contributed by atoms with Gasteiger partial charge in [0.1, 0.15) is 0 Å². The van der Waals surface area contributed by atoms with Crippen molar-refractivity contribution in [3.8, 4) is 0 Å². The van der Waals surface area contributed by atoms with Gasteiger partial charge < -0.3 is 5.21 Å². The minimum atomic E-state index is -3.79. The fourth-order valence-electron chi connectivity index (χ4n) is 1.35. The van der Waals surface area contributed by atoms with E-state index in [1.807, 2.05) is 6.92 Å². The molecule has 6 nitrogen and oxygen atoms in total. The smallest absolute Gasteiger partial charge is 0.338 e. The van der Waals surface area contributed by atoms with Gasteiger partial charge in [-0.05, 0) is 24.0 Å². The lowest BCUT2D eigenvalue weighted by molar-refractivity contribution is -0.807. The largest absolute Gasteiger partial charge is 0.359 e. The summed E-state index contributed by atoms with van der Waals surface area (Å²) in [5.41, 5.74) is 0.866. The monoisotopic (exact) mass is 254 g/mol. The van der Waals surface area contributed by atoms with E-state index in [4.69, 9.17) is 0 Å². The predicted octanol–water partition coefficient (Wildman–Crippen LogP) is 0.758. The van der Waals surface area contributed by atoms with Crippen molar-refractivity contribution >= 4 is 9.84 Å². The molecule has 90 valence electrons. The Morgan fingerprint density at radius 3 is 2.29 bits per heavy atom. The van der Waals surface area contributed by atoms with Crippen LogP contribution in [-0.4, -0.2) is 13.6 Å². The zero-order chi connectivity index (χ0) is 12.6. The average molecular weight is 254 g/mol. The van der Waals surface area contributed by atoms with E-state index in [9.17, 15) is 13.6 Å². The Labute approximate surface area is 97.9 Å². The van der Waals surface area contributed by atoms with Crippen molar-refractivity contribution < 1.29 is 17.9 Å². The lowest BCUT2D eigenvalue weighted by atomic mass is 10.2. The number of aryl methyl sites for hydroxylation is 1. The highest BCUT2D eigenvalue weighted by Gasteiger charge is 2.30. The molecule has 0 aliphatic carbocycles. The van der Waals surface area contributed by atoms with Gasteiger partial charge in [0.2, 0.25) is 5.69 Å². The Morgan fingerprint density at radius 2 is 1.82 bits per heavy atom. The van der Waals surface area contributed by atoms with E-state index in [1.165, 1.54) is 19.1 Å². The summed E-state index contributed by atoms with van der Waals surface area (Å²) in [4.78, 5) is 0.154. The van der Waals surface area contributed by atoms with E-state index in [0.29, 0.717) is 0 Å². The molecule has 0 fully saturated rings. The first-order valence-electron chi connectivity index (χ1n) is 4.81. The molecule has 0 unspecified atom stereocenters. The number of nitrogens with zero attached hydrogens (tertiary/aromatic N) is 2. The molecule has 2 rings (SSSR count). The topological polar surface area (TPSA) is 87.1 Å². The zero-order valence-corrected chi connectivity index (χ0v) is 10.1. The molecule has 0 aliphatic rings. The molecular weight excluding hydrogens is 244 g/mol. The third-order valence-corrected chi connectivity index (χ3v) is 4.14. The number of rotatable bonds is 2. The standard InChI is InChI=1S/C10H10N2O4S/c1-7-3-5-9(6-4-7)17(14,15)10-8(2)12(13)16-11-10/h3-6H,1-2H3. The van der Waals surface area contributed by atoms with E-state index in [-0.39, 0.29) is 20.5 Å². The van der Waals surface area contributed by atoms with Crippen LogP contribution in [-0.2, 0) is 9.84 Å². The van der Waals surface area contributed by atoms with Crippen LogP contribution in [0.15, 0.2) is 38.8 Å². The van der Waals surface area contributed by atoms with Gasteiger partial charge in [-0.2, -0.15) is 0 Å². The minimum Gasteiger partial charge on any atom is -0.359 e. The molecule has 0 radical (unpaired) electrons. The first kappa shape index (κ1) is 11.6. The molecule has 0 spiro atoms. The average Bonchev–Trinajstić information content (AvgIpc) is 2.61. The van der Waals surface area contributed by atoms with Gasteiger partial charge in [0, 0.05) is 6.92 Å². The maximum atomic E-state index is 12.1. The Bertz CT molecular complexity index is 643. The van der Waals surface area contributed by atoms with E-state index in [1.54, 1.807) is 12.1 Å². The van der Waals surface area contributed by atoms with Gasteiger partial charge in [-0.15, -0.1) is 0 Å². The van der Waals surface area contributed by atoms with Gasteiger partial charge in [0.25, 0.3) is 9.84 Å². The quantitative estimate of drug-likeness (QED) is 0.738. The normalized spacial score (nSPS) is 11.6. The molecular formula is C10H10N2O4S. The van der Waals surface area contributed by atoms with Crippen LogP contribution >= 0.6 is 0 Å². The highest BCUT2D eigenvalue weighted by molar-refractivity contribution is 7.91. The summed E-state index contributed by atoms with van der Waals surface area (Å²) in [6.45, 7) is 3.19. The fraction of sp³-hybridized carbons (Fsp3) is 0.200. The minimum absolute atomic E-state index is 0.0705. The molecule has 0 bridgehead atoms. The van der Waals surface area contributed by atoms with Crippen LogP contribution in [0, 0.1) is 19.1 Å². The van der Waals surface area contributed by atoms with Crippen LogP contribution in [0.3, 0.4) is 0 Å². The summed E-state index contributed by atoms with van der Waals surface area (Å²) >= 11 is 0. The zero-order valence-electron chi connectivity index (χ0n) is 9.25. The summed E-state index contributed by atoms with van der Waals surface area (Å²) in [6, 6.07) is 6.28. The van der Waals surface area contributed by atoms with Gasteiger partial charge in [-0.25, -0.2) is 8.42 Å². The SMILES string of the molecule is Cc1ccc(S(=O)(=O)c2no[n+]([O-])c2C)cc1. The fourth-order valence-corrected chi connectivity index (χ4v) is 2.66. The Balaban J connectivity index is 2.58. The van der Waals surface area contributed by atoms with Crippen LogP contribution < -0.4 is 4.90 Å². The number of sulfone groups is 1. The third kappa shape index (κ3) is 1.89. The van der Waals surface area contributed by atoms with Gasteiger partial charge in [0.15, 0.2) is 0 Å². The highest BCUT2D eigenvalue weighted by atomic mass is 32.2. The molecule has 0 saturated heterocycles. The van der Waals surface area contributed by atoms with E-state index in [0.717, 1.165) is 5.56 Å². The summed E-state index contributed by atoms with van der Waals surface area (Å²) in [7, 11) is -3.79. The maximum Gasteiger partial charge on any atom is 0.338 e. The van der Waals surface area contributed by atoms with Gasteiger partial charge in [-0.3, -0.25) is 4.63 Å². The number of hydrogen-bond acceptors (Lipinski definition) is 5. The van der Waals surface area contributed by atoms with Crippen molar-refractivity contribution in [2.24, 2.45) is 0 Å². The molecule has 0 N–H and O–H groups in total. The van der Waals surface area contributed by atoms with Crippen molar-refractivity contribution in [2.75, 3.05) is 0 Å². The second-order valence-corrected chi connectivity index (χ2v) is 5.50. The van der Waals surface area contributed by atoms with E-state index < -0.39 is 9.84 Å². The molecule has 0 atom stereocenters. The second-order valence-electron chi connectivity index (χ2n) is 3.64. The van der Waals surface area contributed by atoms with Gasteiger partial charge in [-0.1, -0.05) is 17.7 Å². The van der Waals surface area contributed by atoms with Crippen molar-refractivity contribution in [2.45, 2.75) is 23.8 Å². The molecule has 1 aromatic heterocycles. The lowest BCUT2D eigenvalue weighted by Gasteiger charge is -1.99. The molecule has 0 aliphatic heterocycles. The molecule has 0 saturated carbocycles. The van der Waals surface area contributed by atoms with Crippen molar-refractivity contribution in [1.29, 1.82) is 0 Å². The lowest BCUT2D eigenvalue weighted by Crippen LogP contribution is -2.26. The first-order valence-corrected chi connectivity index (χ1v) is 6.29. The number of aromatic nitrogens is 2. The molecule has 2 aromatic rings. The second kappa shape index (κ2) is 3.85. The molecule has 1 heterocycles. The molecule has 1 aromatic carbocycles. The maximum absolute atomic E-state index is 12.1. The number of benzene rings is 1. The molecule has 7 heteroatoms. The van der Waals surface area contributed by atoms with Crippen molar-refractivity contribution in [3.63, 3.8) is 0 Å². The summed E-state index contributed by atoms with van der Waals surface area (Å²) < 4.78 is 28.5. The third-order valence-electron chi connectivity index (χ3n) is 2.37. The van der Waals surface area contributed by atoms with Crippen molar-refractivity contribution in [3.05, 3.63) is 40.7 Å². The predicted molar refractivity (Wildman–Crippen MR) is 56.8 cm³/mol.